The number of sulfonamides is 1. The molecule has 9 nitrogen and oxygen atoms in total. The van der Waals surface area contributed by atoms with Crippen LogP contribution in [0.1, 0.15) is 41.3 Å². The van der Waals surface area contributed by atoms with E-state index in [1.807, 2.05) is 38.1 Å². The average Bonchev–Trinajstić information content (AvgIpc) is 3.48. The van der Waals surface area contributed by atoms with Gasteiger partial charge in [-0.15, -0.1) is 10.2 Å². The van der Waals surface area contributed by atoms with Gasteiger partial charge in [-0.3, -0.25) is 4.72 Å². The molecule has 4 rings (SSSR count). The zero-order chi connectivity index (χ0) is 25.7. The van der Waals surface area contributed by atoms with Crippen molar-refractivity contribution in [3.63, 3.8) is 0 Å². The molecule has 0 saturated heterocycles. The van der Waals surface area contributed by atoms with Gasteiger partial charge in [0.05, 0.1) is 11.5 Å². The summed E-state index contributed by atoms with van der Waals surface area (Å²) in [4.78, 5) is 0.148. The Kier molecular flexibility index (Phi) is 8.02. The van der Waals surface area contributed by atoms with Crippen LogP contribution < -0.4 is 10.0 Å². The van der Waals surface area contributed by atoms with E-state index < -0.39 is 10.0 Å². The Morgan fingerprint density at radius 2 is 1.86 bits per heavy atom. The maximum atomic E-state index is 13.4. The number of aromatic nitrogens is 3. The summed E-state index contributed by atoms with van der Waals surface area (Å²) in [5.74, 6) is 0.741. The van der Waals surface area contributed by atoms with Crippen molar-refractivity contribution in [3.05, 3.63) is 69.9 Å². The largest absolute Gasteiger partial charge is 0.377 e. The zero-order valence-corrected chi connectivity index (χ0v) is 22.3. The second-order valence-electron chi connectivity index (χ2n) is 8.15. The number of ether oxygens (including phenoxy) is 1. The minimum absolute atomic E-state index is 0.148. The predicted octanol–water partition coefficient (Wildman–Crippen LogP) is 5.32. The second kappa shape index (κ2) is 11.2. The highest BCUT2D eigenvalue weighted by atomic mass is 32.2. The van der Waals surface area contributed by atoms with E-state index in [0.29, 0.717) is 36.6 Å². The Morgan fingerprint density at radius 3 is 2.56 bits per heavy atom. The molecular weight excluding hydrogens is 498 g/mol. The molecule has 0 spiro atoms. The van der Waals surface area contributed by atoms with Gasteiger partial charge in [0.15, 0.2) is 5.82 Å². The molecule has 2 N–H and O–H groups in total. The number of aryl methyl sites for hydroxylation is 2. The Morgan fingerprint density at radius 1 is 1.06 bits per heavy atom. The van der Waals surface area contributed by atoms with Crippen LogP contribution in [0.3, 0.4) is 0 Å². The minimum atomic E-state index is -3.93. The lowest BCUT2D eigenvalue weighted by atomic mass is 9.97. The lowest BCUT2D eigenvalue weighted by Crippen LogP contribution is -2.15. The standard InChI is InChI=1S/C25H29N5O4S2/c1-5-23-27-28-25(35-23)26-14-18-11-12-20(19(13-18)15-33-6-2)21-9-7-8-10-22(21)36(31,32)30-24-16(3)17(4)34-29-24/h7-13H,5-6,14-15H2,1-4H3,(H,26,28)(H,29,30). The van der Waals surface area contributed by atoms with E-state index in [9.17, 15) is 8.42 Å². The van der Waals surface area contributed by atoms with Crippen molar-refractivity contribution in [2.75, 3.05) is 16.6 Å². The van der Waals surface area contributed by atoms with E-state index in [2.05, 4.69) is 25.4 Å². The van der Waals surface area contributed by atoms with Crippen molar-refractivity contribution in [2.24, 2.45) is 0 Å². The first-order chi connectivity index (χ1) is 17.3. The molecule has 0 aliphatic carbocycles. The van der Waals surface area contributed by atoms with Crippen LogP contribution in [0.2, 0.25) is 0 Å². The summed E-state index contributed by atoms with van der Waals surface area (Å²) < 4.78 is 40.2. The molecule has 0 atom stereocenters. The first-order valence-corrected chi connectivity index (χ1v) is 13.9. The van der Waals surface area contributed by atoms with Crippen molar-refractivity contribution < 1.29 is 17.7 Å². The summed E-state index contributed by atoms with van der Waals surface area (Å²) >= 11 is 1.53. The van der Waals surface area contributed by atoms with Crippen molar-refractivity contribution in [1.29, 1.82) is 0 Å². The number of benzene rings is 2. The van der Waals surface area contributed by atoms with Crippen LogP contribution in [0.25, 0.3) is 11.1 Å². The zero-order valence-electron chi connectivity index (χ0n) is 20.7. The van der Waals surface area contributed by atoms with Crippen LogP contribution in [0.15, 0.2) is 51.9 Å². The first kappa shape index (κ1) is 25.8. The monoisotopic (exact) mass is 527 g/mol. The van der Waals surface area contributed by atoms with Crippen LogP contribution >= 0.6 is 11.3 Å². The summed E-state index contributed by atoms with van der Waals surface area (Å²) in [6.45, 7) is 8.91. The number of nitrogens with one attached hydrogen (secondary N) is 2. The molecule has 2 aromatic carbocycles. The number of hydrogen-bond acceptors (Lipinski definition) is 9. The summed E-state index contributed by atoms with van der Waals surface area (Å²) in [5.41, 5.74) is 3.92. The van der Waals surface area contributed by atoms with E-state index >= 15 is 0 Å². The van der Waals surface area contributed by atoms with Gasteiger partial charge in [0, 0.05) is 24.3 Å². The molecule has 0 aliphatic rings. The fourth-order valence-corrected chi connectivity index (χ4v) is 5.57. The molecule has 2 heterocycles. The maximum absolute atomic E-state index is 13.4. The first-order valence-electron chi connectivity index (χ1n) is 11.6. The lowest BCUT2D eigenvalue weighted by molar-refractivity contribution is 0.134. The molecular formula is C25H29N5O4S2. The fraction of sp³-hybridized carbons (Fsp3) is 0.320. The van der Waals surface area contributed by atoms with E-state index in [1.54, 1.807) is 32.0 Å². The highest BCUT2D eigenvalue weighted by Crippen LogP contribution is 2.33. The lowest BCUT2D eigenvalue weighted by Gasteiger charge is -2.16. The van der Waals surface area contributed by atoms with E-state index in [4.69, 9.17) is 9.26 Å². The molecule has 190 valence electrons. The molecule has 0 amide bonds. The number of anilines is 2. The minimum Gasteiger partial charge on any atom is -0.377 e. The molecule has 0 radical (unpaired) electrons. The average molecular weight is 528 g/mol. The van der Waals surface area contributed by atoms with Crippen LogP contribution in [-0.4, -0.2) is 30.4 Å². The van der Waals surface area contributed by atoms with Crippen LogP contribution in [0, 0.1) is 13.8 Å². The third-order valence-corrected chi connectivity index (χ3v) is 8.12. The van der Waals surface area contributed by atoms with Gasteiger partial charge in [0.25, 0.3) is 10.0 Å². The smallest absolute Gasteiger partial charge is 0.263 e. The summed E-state index contributed by atoms with van der Waals surface area (Å²) in [5, 5.41) is 17.2. The van der Waals surface area contributed by atoms with Gasteiger partial charge in [-0.1, -0.05) is 59.8 Å². The Balaban J connectivity index is 1.66. The fourth-order valence-electron chi connectivity index (χ4n) is 3.62. The Bertz CT molecular complexity index is 1450. The van der Waals surface area contributed by atoms with Crippen LogP contribution in [-0.2, 0) is 34.3 Å². The van der Waals surface area contributed by atoms with Gasteiger partial charge in [-0.2, -0.15) is 0 Å². The maximum Gasteiger partial charge on any atom is 0.263 e. The second-order valence-corrected chi connectivity index (χ2v) is 10.9. The van der Waals surface area contributed by atoms with Crippen molar-refractivity contribution >= 4 is 32.3 Å². The Labute approximate surface area is 215 Å². The quantitative estimate of drug-likeness (QED) is 0.269. The van der Waals surface area contributed by atoms with Crippen LogP contribution in [0.5, 0.6) is 0 Å². The highest BCUT2D eigenvalue weighted by molar-refractivity contribution is 7.92. The molecule has 0 aliphatic heterocycles. The van der Waals surface area contributed by atoms with Crippen molar-refractivity contribution in [3.8, 4) is 11.1 Å². The van der Waals surface area contributed by atoms with Crippen molar-refractivity contribution in [2.45, 2.75) is 52.2 Å². The topological polar surface area (TPSA) is 119 Å². The van der Waals surface area contributed by atoms with Crippen molar-refractivity contribution in [1.82, 2.24) is 15.4 Å². The molecule has 0 bridgehead atoms. The highest BCUT2D eigenvalue weighted by Gasteiger charge is 2.23. The molecule has 2 aromatic heterocycles. The van der Waals surface area contributed by atoms with Gasteiger partial charge in [-0.05, 0) is 49.9 Å². The third kappa shape index (κ3) is 5.75. The number of rotatable bonds is 11. The molecule has 0 fully saturated rings. The molecule has 0 unspecified atom stereocenters. The SMILES string of the molecule is CCOCc1cc(CNc2nnc(CC)s2)ccc1-c1ccccc1S(=O)(=O)Nc1noc(C)c1C. The molecule has 0 saturated carbocycles. The van der Waals surface area contributed by atoms with E-state index in [1.165, 1.54) is 11.3 Å². The van der Waals surface area contributed by atoms with Gasteiger partial charge < -0.3 is 14.6 Å². The summed E-state index contributed by atoms with van der Waals surface area (Å²) in [7, 11) is -3.93. The number of hydrogen-bond donors (Lipinski definition) is 2. The molecule has 36 heavy (non-hydrogen) atoms. The summed E-state index contributed by atoms with van der Waals surface area (Å²) in [6.07, 6.45) is 0.847. The van der Waals surface area contributed by atoms with Gasteiger partial charge in [-0.25, -0.2) is 8.42 Å². The van der Waals surface area contributed by atoms with Gasteiger partial charge in [0.2, 0.25) is 5.13 Å². The molecule has 11 heteroatoms. The van der Waals surface area contributed by atoms with Gasteiger partial charge in [0.1, 0.15) is 10.8 Å². The normalized spacial score (nSPS) is 11.6. The number of nitrogens with zero attached hydrogens (tertiary/aromatic N) is 3. The van der Waals surface area contributed by atoms with Crippen LogP contribution in [0.4, 0.5) is 10.9 Å². The predicted molar refractivity (Wildman–Crippen MR) is 141 cm³/mol. The van der Waals surface area contributed by atoms with Gasteiger partial charge >= 0.3 is 0 Å². The van der Waals surface area contributed by atoms with E-state index in [0.717, 1.165) is 33.3 Å². The summed E-state index contributed by atoms with van der Waals surface area (Å²) in [6, 6.07) is 12.8. The third-order valence-electron chi connectivity index (χ3n) is 5.70. The van der Waals surface area contributed by atoms with E-state index in [-0.39, 0.29) is 10.7 Å². The molecule has 4 aromatic rings. The Hall–Kier alpha value is -3.28.